The molecule has 5 heteroatoms. The van der Waals surface area contributed by atoms with E-state index in [0.717, 1.165) is 30.6 Å². The standard InChI is InChI=1S/C11H17NO3S/c1-8(7-16-9(2)14)11(15)12-5-3-4-10(12)6-13/h6,8,10H,3-5,7H2,1-2H3/p+1/t8?,10-/m0/s1. The summed E-state index contributed by atoms with van der Waals surface area (Å²) >= 11 is 1.17. The summed E-state index contributed by atoms with van der Waals surface area (Å²) in [5.74, 6) is 0.427. The number of nitrogens with one attached hydrogen (secondary N) is 1. The van der Waals surface area contributed by atoms with Gasteiger partial charge < -0.3 is 0 Å². The minimum Gasteiger partial charge on any atom is -0.297 e. The third-order valence-electron chi connectivity index (χ3n) is 2.87. The summed E-state index contributed by atoms with van der Waals surface area (Å²) in [7, 11) is 0. The highest BCUT2D eigenvalue weighted by molar-refractivity contribution is 8.13. The fourth-order valence-corrected chi connectivity index (χ4v) is 2.60. The molecule has 0 saturated carbocycles. The SMILES string of the molecule is CC(=O)SCC(C)C(=O)[NH+]1CCC[C@H]1C=O. The second-order valence-corrected chi connectivity index (χ2v) is 5.42. The van der Waals surface area contributed by atoms with Crippen molar-refractivity contribution in [2.75, 3.05) is 12.3 Å². The molecule has 90 valence electrons. The van der Waals surface area contributed by atoms with Crippen molar-refractivity contribution < 1.29 is 19.3 Å². The van der Waals surface area contributed by atoms with Gasteiger partial charge in [0.25, 0.3) is 0 Å². The van der Waals surface area contributed by atoms with Gasteiger partial charge in [0.2, 0.25) is 0 Å². The Labute approximate surface area is 99.8 Å². The Morgan fingerprint density at radius 3 is 2.81 bits per heavy atom. The van der Waals surface area contributed by atoms with Crippen LogP contribution in [0.5, 0.6) is 0 Å². The summed E-state index contributed by atoms with van der Waals surface area (Å²) in [4.78, 5) is 34.4. The van der Waals surface area contributed by atoms with E-state index in [1.54, 1.807) is 0 Å². The monoisotopic (exact) mass is 244 g/mol. The molecule has 0 aromatic carbocycles. The van der Waals surface area contributed by atoms with Crippen molar-refractivity contribution in [2.45, 2.75) is 32.7 Å². The first-order valence-electron chi connectivity index (χ1n) is 5.54. The number of hydrogen-bond acceptors (Lipinski definition) is 4. The Morgan fingerprint density at radius 1 is 1.56 bits per heavy atom. The first kappa shape index (κ1) is 13.4. The van der Waals surface area contributed by atoms with Gasteiger partial charge in [-0.3, -0.25) is 14.5 Å². The molecule has 1 amide bonds. The Kier molecular flexibility index (Phi) is 5.15. The number of rotatable bonds is 4. The van der Waals surface area contributed by atoms with Gasteiger partial charge in [-0.15, -0.1) is 0 Å². The molecule has 0 bridgehead atoms. The lowest BCUT2D eigenvalue weighted by molar-refractivity contribution is -0.824. The Morgan fingerprint density at radius 2 is 2.25 bits per heavy atom. The first-order chi connectivity index (χ1) is 7.56. The number of hydrogen-bond donors (Lipinski definition) is 1. The molecule has 1 N–H and O–H groups in total. The molecular formula is C11H18NO3S+. The summed E-state index contributed by atoms with van der Waals surface area (Å²) in [5, 5.41) is 0.0306. The van der Waals surface area contributed by atoms with Crippen LogP contribution in [0.3, 0.4) is 0 Å². The number of carbonyl (C=O) groups is 3. The minimum absolute atomic E-state index is 0.0306. The van der Waals surface area contributed by atoms with E-state index in [1.165, 1.54) is 18.7 Å². The van der Waals surface area contributed by atoms with Gasteiger partial charge in [0.15, 0.2) is 17.4 Å². The molecule has 0 aliphatic carbocycles. The van der Waals surface area contributed by atoms with Gasteiger partial charge in [0, 0.05) is 25.5 Å². The van der Waals surface area contributed by atoms with E-state index in [1.807, 2.05) is 6.92 Å². The first-order valence-corrected chi connectivity index (χ1v) is 6.53. The maximum absolute atomic E-state index is 12.0. The van der Waals surface area contributed by atoms with Crippen LogP contribution in [0.25, 0.3) is 0 Å². The van der Waals surface area contributed by atoms with Gasteiger partial charge >= 0.3 is 5.91 Å². The van der Waals surface area contributed by atoms with E-state index >= 15 is 0 Å². The lowest BCUT2D eigenvalue weighted by atomic mass is 10.1. The third kappa shape index (κ3) is 3.42. The average Bonchev–Trinajstić information content (AvgIpc) is 2.72. The predicted octanol–water partition coefficient (Wildman–Crippen LogP) is -0.325. The van der Waals surface area contributed by atoms with Crippen molar-refractivity contribution in [3.8, 4) is 0 Å². The van der Waals surface area contributed by atoms with Crippen molar-refractivity contribution in [1.29, 1.82) is 0 Å². The molecular weight excluding hydrogens is 226 g/mol. The van der Waals surface area contributed by atoms with Crippen LogP contribution in [-0.4, -0.2) is 35.6 Å². The molecule has 1 fully saturated rings. The lowest BCUT2D eigenvalue weighted by Crippen LogP contribution is -3.17. The topological polar surface area (TPSA) is 55.6 Å². The van der Waals surface area contributed by atoms with Crippen LogP contribution >= 0.6 is 11.8 Å². The second-order valence-electron chi connectivity index (χ2n) is 4.23. The maximum atomic E-state index is 12.0. The maximum Gasteiger partial charge on any atom is 0.316 e. The van der Waals surface area contributed by atoms with Crippen molar-refractivity contribution in [2.24, 2.45) is 5.92 Å². The molecule has 1 rings (SSSR count). The van der Waals surface area contributed by atoms with E-state index in [9.17, 15) is 14.4 Å². The predicted molar refractivity (Wildman–Crippen MR) is 62.2 cm³/mol. The minimum atomic E-state index is -0.169. The number of amides is 1. The fourth-order valence-electron chi connectivity index (χ4n) is 1.96. The van der Waals surface area contributed by atoms with Crippen molar-refractivity contribution in [1.82, 2.24) is 0 Å². The van der Waals surface area contributed by atoms with Gasteiger partial charge in [-0.05, 0) is 6.92 Å². The normalized spacial score (nSPS) is 26.4. The van der Waals surface area contributed by atoms with Gasteiger partial charge in [-0.2, -0.15) is 0 Å². The van der Waals surface area contributed by atoms with Gasteiger partial charge in [-0.1, -0.05) is 11.8 Å². The van der Waals surface area contributed by atoms with Crippen molar-refractivity contribution in [3.05, 3.63) is 0 Å². The van der Waals surface area contributed by atoms with Crippen LogP contribution in [0.1, 0.15) is 26.7 Å². The summed E-state index contributed by atoms with van der Waals surface area (Å²) in [6.07, 6.45) is 2.61. The molecule has 0 spiro atoms. The van der Waals surface area contributed by atoms with Crippen LogP contribution in [0.15, 0.2) is 0 Å². The highest BCUT2D eigenvalue weighted by atomic mass is 32.2. The molecule has 0 radical (unpaired) electrons. The molecule has 0 aromatic heterocycles. The fraction of sp³-hybridized carbons (Fsp3) is 0.727. The van der Waals surface area contributed by atoms with Gasteiger partial charge in [-0.25, -0.2) is 4.79 Å². The number of aldehydes is 1. The molecule has 1 heterocycles. The zero-order valence-electron chi connectivity index (χ0n) is 9.69. The molecule has 3 atom stereocenters. The number of thioether (sulfide) groups is 1. The van der Waals surface area contributed by atoms with Crippen LogP contribution in [-0.2, 0) is 14.4 Å². The average molecular weight is 244 g/mol. The molecule has 1 aliphatic rings. The zero-order chi connectivity index (χ0) is 12.1. The van der Waals surface area contributed by atoms with Crippen LogP contribution in [0.4, 0.5) is 0 Å². The van der Waals surface area contributed by atoms with Crippen LogP contribution < -0.4 is 4.90 Å². The number of likely N-dealkylation sites (tertiary alicyclic amines) is 1. The second kappa shape index (κ2) is 6.15. The quantitative estimate of drug-likeness (QED) is 0.688. The van der Waals surface area contributed by atoms with Crippen molar-refractivity contribution >= 4 is 29.1 Å². The summed E-state index contributed by atoms with van der Waals surface area (Å²) < 4.78 is 0. The molecule has 1 saturated heterocycles. The summed E-state index contributed by atoms with van der Waals surface area (Å²) in [6, 6.07) is -0.169. The highest BCUT2D eigenvalue weighted by Gasteiger charge is 2.36. The number of carbonyl (C=O) groups excluding carboxylic acids is 3. The van der Waals surface area contributed by atoms with E-state index in [0.29, 0.717) is 5.75 Å². The lowest BCUT2D eigenvalue weighted by Gasteiger charge is -2.18. The largest absolute Gasteiger partial charge is 0.316 e. The Balaban J connectivity index is 2.49. The Hall–Kier alpha value is -0.680. The van der Waals surface area contributed by atoms with Crippen LogP contribution in [0.2, 0.25) is 0 Å². The van der Waals surface area contributed by atoms with E-state index in [2.05, 4.69) is 0 Å². The number of quaternary nitrogens is 1. The van der Waals surface area contributed by atoms with E-state index in [-0.39, 0.29) is 23.0 Å². The van der Waals surface area contributed by atoms with E-state index in [4.69, 9.17) is 0 Å². The zero-order valence-corrected chi connectivity index (χ0v) is 10.5. The molecule has 4 nitrogen and oxygen atoms in total. The van der Waals surface area contributed by atoms with E-state index < -0.39 is 0 Å². The molecule has 2 unspecified atom stereocenters. The molecule has 16 heavy (non-hydrogen) atoms. The Bertz CT molecular complexity index is 293. The smallest absolute Gasteiger partial charge is 0.297 e. The molecule has 0 aromatic rings. The van der Waals surface area contributed by atoms with Gasteiger partial charge in [0.05, 0.1) is 12.5 Å². The summed E-state index contributed by atoms with van der Waals surface area (Å²) in [5.41, 5.74) is 0. The van der Waals surface area contributed by atoms with Crippen LogP contribution in [0, 0.1) is 5.92 Å². The van der Waals surface area contributed by atoms with Gasteiger partial charge in [0.1, 0.15) is 0 Å². The third-order valence-corrected chi connectivity index (χ3v) is 3.95. The summed E-state index contributed by atoms with van der Waals surface area (Å²) in [6.45, 7) is 4.07. The highest BCUT2D eigenvalue weighted by Crippen LogP contribution is 2.09. The molecule has 1 aliphatic heterocycles. The van der Waals surface area contributed by atoms with Crippen molar-refractivity contribution in [3.63, 3.8) is 0 Å².